The van der Waals surface area contributed by atoms with Crippen molar-refractivity contribution in [3.05, 3.63) is 24.3 Å². The second-order valence-electron chi connectivity index (χ2n) is 10.2. The average Bonchev–Trinajstić information content (AvgIpc) is 3.36. The quantitative estimate of drug-likeness (QED) is 0.539. The van der Waals surface area contributed by atoms with E-state index in [1.807, 2.05) is 63.8 Å². The Hall–Kier alpha value is -2.28. The van der Waals surface area contributed by atoms with Crippen molar-refractivity contribution in [3.63, 3.8) is 0 Å². The van der Waals surface area contributed by atoms with E-state index in [2.05, 4.69) is 9.98 Å². The van der Waals surface area contributed by atoms with Gasteiger partial charge in [0.1, 0.15) is 5.60 Å². The van der Waals surface area contributed by atoms with E-state index in [0.29, 0.717) is 45.6 Å². The second-order valence-corrected chi connectivity index (χ2v) is 10.2. The lowest BCUT2D eigenvalue weighted by molar-refractivity contribution is -0.162. The summed E-state index contributed by atoms with van der Waals surface area (Å²) >= 11 is 0. The van der Waals surface area contributed by atoms with Gasteiger partial charge in [-0.3, -0.25) is 19.6 Å². The molecule has 0 N–H and O–H groups in total. The first-order valence-electron chi connectivity index (χ1n) is 11.6. The van der Waals surface area contributed by atoms with Gasteiger partial charge in [-0.25, -0.2) is 0 Å². The number of carbonyl (C=O) groups is 2. The van der Waals surface area contributed by atoms with Gasteiger partial charge in [0.25, 0.3) is 0 Å². The number of nitrogens with zero attached hydrogens (tertiary/aromatic N) is 3. The summed E-state index contributed by atoms with van der Waals surface area (Å²) in [6, 6.07) is 0. The van der Waals surface area contributed by atoms with Crippen LogP contribution in [0, 0.1) is 11.8 Å². The Labute approximate surface area is 191 Å². The lowest BCUT2D eigenvalue weighted by Gasteiger charge is -2.36. The Kier molecular flexibility index (Phi) is 7.38. The summed E-state index contributed by atoms with van der Waals surface area (Å²) in [4.78, 5) is 37.6. The SMILES string of the molecule is CC(C)(C)OC(=O)C(CCCC(C(=O)N1CCOCC1)C1(C)C=CC=N1)C1(C)C=CC=N1. The molecule has 4 atom stereocenters. The van der Waals surface area contributed by atoms with Gasteiger partial charge in [-0.05, 0) is 59.6 Å². The van der Waals surface area contributed by atoms with E-state index < -0.39 is 22.6 Å². The lowest BCUT2D eigenvalue weighted by Crippen LogP contribution is -2.49. The van der Waals surface area contributed by atoms with Gasteiger partial charge in [0.15, 0.2) is 0 Å². The van der Waals surface area contributed by atoms with Crippen LogP contribution in [0.5, 0.6) is 0 Å². The molecule has 7 nitrogen and oxygen atoms in total. The summed E-state index contributed by atoms with van der Waals surface area (Å²) in [7, 11) is 0. The first kappa shape index (κ1) is 24.4. The van der Waals surface area contributed by atoms with E-state index in [-0.39, 0.29) is 17.8 Å². The minimum atomic E-state index is -0.624. The Morgan fingerprint density at radius 3 is 2.03 bits per heavy atom. The number of esters is 1. The third-order valence-electron chi connectivity index (χ3n) is 6.45. The predicted molar refractivity (Wildman–Crippen MR) is 126 cm³/mol. The molecule has 3 rings (SSSR count). The Morgan fingerprint density at radius 2 is 1.53 bits per heavy atom. The molecule has 3 aliphatic heterocycles. The highest BCUT2D eigenvalue weighted by molar-refractivity contribution is 5.84. The van der Waals surface area contributed by atoms with Crippen molar-refractivity contribution in [2.75, 3.05) is 26.3 Å². The van der Waals surface area contributed by atoms with Crippen molar-refractivity contribution >= 4 is 24.3 Å². The van der Waals surface area contributed by atoms with Crippen LogP contribution in [0.1, 0.15) is 53.9 Å². The molecule has 0 spiro atoms. The Bertz CT molecular complexity index is 792. The van der Waals surface area contributed by atoms with Gasteiger partial charge in [-0.2, -0.15) is 0 Å². The summed E-state index contributed by atoms with van der Waals surface area (Å²) in [5.41, 5.74) is -1.75. The minimum absolute atomic E-state index is 0.110. The Balaban J connectivity index is 1.73. The number of rotatable bonds is 8. The molecule has 0 saturated carbocycles. The number of allylic oxidation sites excluding steroid dienone is 2. The fraction of sp³-hybridized carbons (Fsp3) is 0.680. The number of ether oxygens (including phenoxy) is 2. The molecule has 0 aromatic carbocycles. The molecular weight excluding hydrogens is 406 g/mol. The molecule has 0 aromatic rings. The number of amides is 1. The summed E-state index contributed by atoms with van der Waals surface area (Å²) in [5, 5.41) is 0. The average molecular weight is 444 g/mol. The first-order chi connectivity index (χ1) is 15.0. The summed E-state index contributed by atoms with van der Waals surface area (Å²) < 4.78 is 11.1. The van der Waals surface area contributed by atoms with Crippen molar-refractivity contribution in [2.24, 2.45) is 21.8 Å². The van der Waals surface area contributed by atoms with Crippen LogP contribution in [0.15, 0.2) is 34.3 Å². The van der Waals surface area contributed by atoms with Gasteiger partial charge in [0, 0.05) is 25.5 Å². The fourth-order valence-electron chi connectivity index (χ4n) is 4.60. The smallest absolute Gasteiger partial charge is 0.312 e. The standard InChI is InChI=1S/C25H37N3O4/c1-23(2,3)32-22(30)20(25(5)12-8-14-27-25)10-6-9-19(24(4)11-7-13-26-24)21(29)28-15-17-31-18-16-28/h7-8,11-14,19-20H,6,9-10,15-18H2,1-5H3. The maximum absolute atomic E-state index is 13.4. The third-order valence-corrected chi connectivity index (χ3v) is 6.45. The van der Waals surface area contributed by atoms with Gasteiger partial charge >= 0.3 is 5.97 Å². The molecule has 0 aromatic heterocycles. The summed E-state index contributed by atoms with van der Waals surface area (Å²) in [6.07, 6.45) is 13.2. The molecule has 3 heterocycles. The van der Waals surface area contributed by atoms with Crippen LogP contribution in [-0.2, 0) is 19.1 Å². The van der Waals surface area contributed by atoms with Crippen molar-refractivity contribution in [3.8, 4) is 0 Å². The second kappa shape index (κ2) is 9.69. The molecule has 3 aliphatic rings. The highest BCUT2D eigenvalue weighted by atomic mass is 16.6. The summed E-state index contributed by atoms with van der Waals surface area (Å²) in [6.45, 7) is 11.9. The number of carbonyl (C=O) groups excluding carboxylic acids is 2. The van der Waals surface area contributed by atoms with E-state index >= 15 is 0 Å². The highest BCUT2D eigenvalue weighted by Gasteiger charge is 2.43. The van der Waals surface area contributed by atoms with Crippen molar-refractivity contribution in [1.82, 2.24) is 4.90 Å². The van der Waals surface area contributed by atoms with E-state index in [1.54, 1.807) is 12.4 Å². The highest BCUT2D eigenvalue weighted by Crippen LogP contribution is 2.36. The number of morpholine rings is 1. The van der Waals surface area contributed by atoms with Crippen LogP contribution in [0.2, 0.25) is 0 Å². The lowest BCUT2D eigenvalue weighted by atomic mass is 9.78. The maximum Gasteiger partial charge on any atom is 0.312 e. The first-order valence-corrected chi connectivity index (χ1v) is 11.6. The largest absolute Gasteiger partial charge is 0.460 e. The predicted octanol–water partition coefficient (Wildman–Crippen LogP) is 3.39. The molecule has 32 heavy (non-hydrogen) atoms. The van der Waals surface area contributed by atoms with Gasteiger partial charge < -0.3 is 14.4 Å². The molecule has 0 bridgehead atoms. The zero-order valence-electron chi connectivity index (χ0n) is 20.0. The third kappa shape index (κ3) is 5.74. The van der Waals surface area contributed by atoms with Crippen LogP contribution >= 0.6 is 0 Å². The van der Waals surface area contributed by atoms with Gasteiger partial charge in [0.2, 0.25) is 5.91 Å². The van der Waals surface area contributed by atoms with E-state index in [4.69, 9.17) is 9.47 Å². The van der Waals surface area contributed by atoms with Gasteiger partial charge in [-0.1, -0.05) is 18.6 Å². The van der Waals surface area contributed by atoms with E-state index in [1.165, 1.54) is 0 Å². The number of hydrogen-bond acceptors (Lipinski definition) is 6. The molecule has 1 fully saturated rings. The Morgan fingerprint density at radius 1 is 1.00 bits per heavy atom. The molecular formula is C25H37N3O4. The number of hydrogen-bond donors (Lipinski definition) is 0. The van der Waals surface area contributed by atoms with Gasteiger partial charge in [0.05, 0.1) is 36.1 Å². The van der Waals surface area contributed by atoms with Gasteiger partial charge in [-0.15, -0.1) is 0 Å². The maximum atomic E-state index is 13.4. The molecule has 0 aliphatic carbocycles. The van der Waals surface area contributed by atoms with E-state index in [0.717, 1.165) is 0 Å². The van der Waals surface area contributed by atoms with Crippen LogP contribution < -0.4 is 0 Å². The normalized spacial score (nSPS) is 28.8. The fourth-order valence-corrected chi connectivity index (χ4v) is 4.60. The zero-order chi connectivity index (χ0) is 23.4. The summed E-state index contributed by atoms with van der Waals surface area (Å²) in [5.74, 6) is -0.834. The van der Waals surface area contributed by atoms with Crippen molar-refractivity contribution < 1.29 is 19.1 Å². The van der Waals surface area contributed by atoms with Crippen LogP contribution in [0.25, 0.3) is 0 Å². The van der Waals surface area contributed by atoms with Crippen LogP contribution in [-0.4, -0.2) is 72.2 Å². The molecule has 7 heteroatoms. The zero-order valence-corrected chi connectivity index (χ0v) is 20.0. The molecule has 1 saturated heterocycles. The van der Waals surface area contributed by atoms with Crippen LogP contribution in [0.3, 0.4) is 0 Å². The van der Waals surface area contributed by atoms with E-state index in [9.17, 15) is 9.59 Å². The topological polar surface area (TPSA) is 80.6 Å². The van der Waals surface area contributed by atoms with Crippen molar-refractivity contribution in [1.29, 1.82) is 0 Å². The van der Waals surface area contributed by atoms with Crippen LogP contribution in [0.4, 0.5) is 0 Å². The molecule has 0 radical (unpaired) electrons. The number of aliphatic imine (C=N–C) groups is 2. The molecule has 1 amide bonds. The monoisotopic (exact) mass is 443 g/mol. The molecule has 4 unspecified atom stereocenters. The molecule has 176 valence electrons. The minimum Gasteiger partial charge on any atom is -0.460 e. The van der Waals surface area contributed by atoms with Crippen molar-refractivity contribution in [2.45, 2.75) is 70.6 Å².